The van der Waals surface area contributed by atoms with Gasteiger partial charge in [-0.25, -0.2) is 4.39 Å². The van der Waals surface area contributed by atoms with Crippen LogP contribution >= 0.6 is 23.6 Å². The van der Waals surface area contributed by atoms with Crippen molar-refractivity contribution >= 4 is 41.0 Å². The molecule has 0 aliphatic heterocycles. The number of halogens is 1. The van der Waals surface area contributed by atoms with Gasteiger partial charge in [0, 0.05) is 7.05 Å². The molecular formula is C11H10FN3OS2. The number of hydrogen-bond acceptors (Lipinski definition) is 4. The molecule has 18 heavy (non-hydrogen) atoms. The molecule has 0 fully saturated rings. The van der Waals surface area contributed by atoms with Gasteiger partial charge in [0.25, 0.3) is 5.91 Å². The molecule has 1 aromatic heterocycles. The van der Waals surface area contributed by atoms with Gasteiger partial charge in [-0.1, -0.05) is 23.5 Å². The summed E-state index contributed by atoms with van der Waals surface area (Å²) in [5.41, 5.74) is 5.86. The average molecular weight is 283 g/mol. The lowest BCUT2D eigenvalue weighted by molar-refractivity contribution is 0.103. The minimum absolute atomic E-state index is 0.115. The normalized spacial score (nSPS) is 10.3. The number of rotatable bonds is 2. The van der Waals surface area contributed by atoms with Crippen LogP contribution in [0, 0.1) is 9.77 Å². The lowest BCUT2D eigenvalue weighted by Crippen LogP contribution is -2.14. The van der Waals surface area contributed by atoms with Gasteiger partial charge >= 0.3 is 0 Å². The molecule has 94 valence electrons. The molecule has 1 aromatic carbocycles. The number of carbonyl (C=O) groups excluding carboxylic acids is 1. The van der Waals surface area contributed by atoms with E-state index in [9.17, 15) is 9.18 Å². The third kappa shape index (κ3) is 2.27. The molecule has 7 heteroatoms. The molecule has 0 saturated carbocycles. The largest absolute Gasteiger partial charge is 0.384 e. The number of carbonyl (C=O) groups is 1. The number of para-hydroxylation sites is 1. The molecule has 2 rings (SSSR count). The molecule has 1 heterocycles. The van der Waals surface area contributed by atoms with Crippen LogP contribution in [0.1, 0.15) is 9.67 Å². The number of nitrogens with two attached hydrogens (primary N) is 1. The number of nitrogens with one attached hydrogen (secondary N) is 1. The second-order valence-electron chi connectivity index (χ2n) is 3.58. The van der Waals surface area contributed by atoms with Crippen LogP contribution in [0.5, 0.6) is 0 Å². The van der Waals surface area contributed by atoms with E-state index in [0.717, 1.165) is 11.3 Å². The lowest BCUT2D eigenvalue weighted by atomic mass is 10.3. The van der Waals surface area contributed by atoms with E-state index in [1.54, 1.807) is 19.2 Å². The number of nitrogen functional groups attached to an aromatic ring is 1. The molecule has 0 aliphatic rings. The molecule has 0 radical (unpaired) electrons. The Balaban J connectivity index is 2.31. The van der Waals surface area contributed by atoms with Gasteiger partial charge in [-0.05, 0) is 24.4 Å². The average Bonchev–Trinajstić information content (AvgIpc) is 2.60. The van der Waals surface area contributed by atoms with E-state index in [2.05, 4.69) is 5.32 Å². The Morgan fingerprint density at radius 1 is 1.50 bits per heavy atom. The predicted octanol–water partition coefficient (Wildman–Crippen LogP) is 2.79. The first-order valence-corrected chi connectivity index (χ1v) is 6.24. The topological polar surface area (TPSA) is 60.0 Å². The monoisotopic (exact) mass is 283 g/mol. The zero-order valence-corrected chi connectivity index (χ0v) is 11.1. The van der Waals surface area contributed by atoms with Crippen LogP contribution in [-0.4, -0.2) is 10.5 Å². The Bertz CT molecular complexity index is 663. The van der Waals surface area contributed by atoms with Crippen LogP contribution in [-0.2, 0) is 7.05 Å². The van der Waals surface area contributed by atoms with Crippen LogP contribution in [0.25, 0.3) is 0 Å². The van der Waals surface area contributed by atoms with Gasteiger partial charge in [-0.3, -0.25) is 4.79 Å². The predicted molar refractivity (Wildman–Crippen MR) is 72.9 cm³/mol. The molecule has 0 bridgehead atoms. The van der Waals surface area contributed by atoms with Crippen molar-refractivity contribution in [2.24, 2.45) is 7.05 Å². The van der Waals surface area contributed by atoms with E-state index in [0.29, 0.717) is 3.95 Å². The van der Waals surface area contributed by atoms with Crippen molar-refractivity contribution in [2.45, 2.75) is 0 Å². The van der Waals surface area contributed by atoms with Crippen molar-refractivity contribution in [3.8, 4) is 0 Å². The minimum atomic E-state index is -0.496. The summed E-state index contributed by atoms with van der Waals surface area (Å²) in [5.74, 6) is -0.683. The molecule has 0 saturated heterocycles. The molecular weight excluding hydrogens is 273 g/mol. The molecule has 1 amide bonds. The van der Waals surface area contributed by atoms with E-state index in [-0.39, 0.29) is 16.4 Å². The lowest BCUT2D eigenvalue weighted by Gasteiger charge is -2.05. The summed E-state index contributed by atoms with van der Waals surface area (Å²) in [4.78, 5) is 12.2. The number of hydrogen-bond donors (Lipinski definition) is 2. The van der Waals surface area contributed by atoms with Crippen molar-refractivity contribution < 1.29 is 9.18 Å². The number of benzene rings is 1. The first-order valence-electron chi connectivity index (χ1n) is 5.02. The fourth-order valence-corrected chi connectivity index (χ4v) is 2.51. The van der Waals surface area contributed by atoms with Crippen molar-refractivity contribution in [3.63, 3.8) is 0 Å². The highest BCUT2D eigenvalue weighted by atomic mass is 32.1. The van der Waals surface area contributed by atoms with Gasteiger partial charge in [0.05, 0.1) is 5.69 Å². The Morgan fingerprint density at radius 2 is 2.17 bits per heavy atom. The maximum atomic E-state index is 13.4. The van der Waals surface area contributed by atoms with E-state index in [1.807, 2.05) is 0 Å². The van der Waals surface area contributed by atoms with Crippen molar-refractivity contribution in [3.05, 3.63) is 38.9 Å². The van der Waals surface area contributed by atoms with Gasteiger partial charge in [0.2, 0.25) is 0 Å². The molecule has 2 aromatic rings. The second-order valence-corrected chi connectivity index (χ2v) is 5.22. The second kappa shape index (κ2) is 4.87. The molecule has 4 nitrogen and oxygen atoms in total. The molecule has 3 N–H and O–H groups in total. The first kappa shape index (κ1) is 12.7. The summed E-state index contributed by atoms with van der Waals surface area (Å²) in [6, 6.07) is 5.93. The Hall–Kier alpha value is -1.73. The van der Waals surface area contributed by atoms with Gasteiger partial charge in [-0.2, -0.15) is 0 Å². The smallest absolute Gasteiger partial charge is 0.269 e. The molecule has 0 aliphatic carbocycles. The summed E-state index contributed by atoms with van der Waals surface area (Å²) in [7, 11) is 1.67. The Morgan fingerprint density at radius 3 is 2.72 bits per heavy atom. The van der Waals surface area contributed by atoms with E-state index >= 15 is 0 Å². The van der Waals surface area contributed by atoms with Crippen molar-refractivity contribution in [1.82, 2.24) is 4.57 Å². The number of aromatic nitrogens is 1. The van der Waals surface area contributed by atoms with Crippen LogP contribution in [0.4, 0.5) is 15.9 Å². The van der Waals surface area contributed by atoms with Gasteiger partial charge in [0.1, 0.15) is 16.5 Å². The molecule has 0 atom stereocenters. The fraction of sp³-hybridized carbons (Fsp3) is 0.0909. The van der Waals surface area contributed by atoms with Gasteiger partial charge < -0.3 is 15.6 Å². The quantitative estimate of drug-likeness (QED) is 0.833. The first-order chi connectivity index (χ1) is 8.50. The van der Waals surface area contributed by atoms with E-state index in [4.69, 9.17) is 18.0 Å². The molecule has 0 unspecified atom stereocenters. The van der Waals surface area contributed by atoms with Gasteiger partial charge in [-0.15, -0.1) is 0 Å². The van der Waals surface area contributed by atoms with Crippen LogP contribution in [0.15, 0.2) is 24.3 Å². The zero-order chi connectivity index (χ0) is 13.3. The van der Waals surface area contributed by atoms with Crippen LogP contribution in [0.2, 0.25) is 0 Å². The number of thiazole rings is 1. The van der Waals surface area contributed by atoms with E-state index < -0.39 is 11.7 Å². The summed E-state index contributed by atoms with van der Waals surface area (Å²) < 4.78 is 15.4. The highest BCUT2D eigenvalue weighted by Crippen LogP contribution is 2.22. The van der Waals surface area contributed by atoms with Crippen molar-refractivity contribution in [1.29, 1.82) is 0 Å². The fourth-order valence-electron chi connectivity index (χ4n) is 1.36. The Kier molecular flexibility index (Phi) is 3.44. The summed E-state index contributed by atoms with van der Waals surface area (Å²) in [6.07, 6.45) is 0. The third-order valence-corrected chi connectivity index (χ3v) is 3.96. The summed E-state index contributed by atoms with van der Waals surface area (Å²) >= 11 is 6.11. The van der Waals surface area contributed by atoms with Gasteiger partial charge in [0.15, 0.2) is 3.95 Å². The summed E-state index contributed by atoms with van der Waals surface area (Å²) in [6.45, 7) is 0. The van der Waals surface area contributed by atoms with Crippen molar-refractivity contribution in [2.75, 3.05) is 11.1 Å². The highest BCUT2D eigenvalue weighted by molar-refractivity contribution is 7.73. The zero-order valence-electron chi connectivity index (χ0n) is 9.44. The standard InChI is InChI=1S/C11H10FN3OS2/c1-15-9(13)8(18-11(15)17)10(16)14-7-5-3-2-4-6(7)12/h2-5H,13H2,1H3,(H,14,16). The number of nitrogens with zero attached hydrogens (tertiary/aromatic N) is 1. The minimum Gasteiger partial charge on any atom is -0.384 e. The Labute approximate surface area is 112 Å². The number of amides is 1. The number of anilines is 2. The van der Waals surface area contributed by atoms with Crippen LogP contribution in [0.3, 0.4) is 0 Å². The maximum absolute atomic E-state index is 13.4. The summed E-state index contributed by atoms with van der Waals surface area (Å²) in [5, 5.41) is 2.46. The van der Waals surface area contributed by atoms with E-state index in [1.165, 1.54) is 16.7 Å². The molecule has 0 spiro atoms. The van der Waals surface area contributed by atoms with Crippen LogP contribution < -0.4 is 11.1 Å². The maximum Gasteiger partial charge on any atom is 0.269 e. The third-order valence-electron chi connectivity index (χ3n) is 2.39. The SMILES string of the molecule is Cn1c(N)c(C(=O)Nc2ccccc2F)sc1=S. The highest BCUT2D eigenvalue weighted by Gasteiger charge is 2.16.